The maximum atomic E-state index is 13.5. The van der Waals surface area contributed by atoms with Gasteiger partial charge in [0, 0.05) is 50.2 Å². The van der Waals surface area contributed by atoms with Crippen molar-refractivity contribution < 1.29 is 19.4 Å². The number of rotatable bonds is 11. The number of hydrogen-bond acceptors (Lipinski definition) is 4. The number of amides is 3. The van der Waals surface area contributed by atoms with E-state index in [-0.39, 0.29) is 37.2 Å². The number of carboxylic acid groups (broad SMARTS) is 1. The van der Waals surface area contributed by atoms with Crippen LogP contribution in [0.15, 0.2) is 24.3 Å². The van der Waals surface area contributed by atoms with E-state index in [1.807, 2.05) is 36.2 Å². The summed E-state index contributed by atoms with van der Waals surface area (Å²) in [7, 11) is 3.49. The van der Waals surface area contributed by atoms with Crippen molar-refractivity contribution in [3.05, 3.63) is 34.9 Å². The smallest absolute Gasteiger partial charge is 0.407 e. The fourth-order valence-corrected chi connectivity index (χ4v) is 7.09. The standard InChI is InChI=1S/C29H45ClN4O4/c1-31-19-25(18-29-11-8-21(9-12-29)10-13-29)32-27(35)34-14-4-6-23(20-34)26(22-5-3-7-24(30)17-22)38-16-15-33(2)28(36)37/h3,5,7,17,21,23,25-26,31H,4,6,8-16,18-20H2,1-2H3,(H,32,35)(H,36,37)/t21?,23-,25?,26+,29?/m1/s1. The van der Waals surface area contributed by atoms with Crippen LogP contribution in [0.3, 0.4) is 0 Å². The molecule has 1 heterocycles. The first-order valence-electron chi connectivity index (χ1n) is 14.3. The van der Waals surface area contributed by atoms with Gasteiger partial charge in [-0.25, -0.2) is 9.59 Å². The fraction of sp³-hybridized carbons (Fsp3) is 0.724. The number of carbonyl (C=O) groups is 2. The molecule has 3 aliphatic carbocycles. The highest BCUT2D eigenvalue weighted by molar-refractivity contribution is 6.30. The topological polar surface area (TPSA) is 94.1 Å². The summed E-state index contributed by atoms with van der Waals surface area (Å²) in [5.41, 5.74) is 1.35. The Balaban J connectivity index is 1.40. The summed E-state index contributed by atoms with van der Waals surface area (Å²) in [5, 5.41) is 16.5. The third-order valence-electron chi connectivity index (χ3n) is 9.11. The van der Waals surface area contributed by atoms with Crippen LogP contribution in [0.2, 0.25) is 5.02 Å². The Morgan fingerprint density at radius 3 is 2.63 bits per heavy atom. The molecular weight excluding hydrogens is 504 g/mol. The van der Waals surface area contributed by atoms with E-state index in [0.29, 0.717) is 17.0 Å². The van der Waals surface area contributed by atoms with Crippen molar-refractivity contribution in [2.24, 2.45) is 17.3 Å². The van der Waals surface area contributed by atoms with Gasteiger partial charge in [0.1, 0.15) is 0 Å². The monoisotopic (exact) mass is 548 g/mol. The maximum Gasteiger partial charge on any atom is 0.407 e. The van der Waals surface area contributed by atoms with Crippen LogP contribution in [0.5, 0.6) is 0 Å². The van der Waals surface area contributed by atoms with Crippen LogP contribution >= 0.6 is 11.6 Å². The lowest BCUT2D eigenvalue weighted by atomic mass is 9.58. The molecule has 2 bridgehead atoms. The normalized spacial score (nSPS) is 26.6. The largest absolute Gasteiger partial charge is 0.465 e. The zero-order valence-electron chi connectivity index (χ0n) is 23.0. The predicted octanol–water partition coefficient (Wildman–Crippen LogP) is 5.38. The minimum atomic E-state index is -0.981. The van der Waals surface area contributed by atoms with E-state index in [0.717, 1.165) is 43.8 Å². The number of halogens is 1. The Kier molecular flexibility index (Phi) is 10.2. The van der Waals surface area contributed by atoms with Crippen molar-refractivity contribution >= 4 is 23.7 Å². The van der Waals surface area contributed by atoms with Gasteiger partial charge >= 0.3 is 12.1 Å². The predicted molar refractivity (Wildman–Crippen MR) is 150 cm³/mol. The van der Waals surface area contributed by atoms with Gasteiger partial charge in [0.2, 0.25) is 0 Å². The molecule has 0 aromatic heterocycles. The van der Waals surface area contributed by atoms with E-state index in [9.17, 15) is 14.7 Å². The minimum Gasteiger partial charge on any atom is -0.465 e. The van der Waals surface area contributed by atoms with Gasteiger partial charge < -0.3 is 30.3 Å². The van der Waals surface area contributed by atoms with Gasteiger partial charge in [0.05, 0.1) is 12.7 Å². The van der Waals surface area contributed by atoms with Crippen LogP contribution in [-0.2, 0) is 4.74 Å². The molecule has 3 saturated carbocycles. The summed E-state index contributed by atoms with van der Waals surface area (Å²) in [4.78, 5) is 27.9. The average molecular weight is 549 g/mol. The number of carbonyl (C=O) groups excluding carboxylic acids is 1. The summed E-state index contributed by atoms with van der Waals surface area (Å²) in [5.74, 6) is 1.02. The molecule has 1 aliphatic heterocycles. The van der Waals surface area contributed by atoms with Crippen LogP contribution in [0, 0.1) is 17.3 Å². The third kappa shape index (κ3) is 7.54. The van der Waals surface area contributed by atoms with E-state index in [4.69, 9.17) is 16.3 Å². The Hall–Kier alpha value is -2.03. The first-order valence-corrected chi connectivity index (χ1v) is 14.7. The molecule has 3 amide bonds. The second kappa shape index (κ2) is 13.4. The molecule has 3 N–H and O–H groups in total. The van der Waals surface area contributed by atoms with Crippen molar-refractivity contribution in [3.63, 3.8) is 0 Å². The van der Waals surface area contributed by atoms with E-state index >= 15 is 0 Å². The van der Waals surface area contributed by atoms with E-state index in [1.165, 1.54) is 50.5 Å². The van der Waals surface area contributed by atoms with Crippen LogP contribution in [-0.4, -0.2) is 80.0 Å². The lowest BCUT2D eigenvalue weighted by molar-refractivity contribution is -0.0157. The molecule has 1 saturated heterocycles. The fourth-order valence-electron chi connectivity index (χ4n) is 6.90. The Morgan fingerprint density at radius 2 is 1.97 bits per heavy atom. The summed E-state index contributed by atoms with van der Waals surface area (Å²) in [6, 6.07) is 7.78. The van der Waals surface area contributed by atoms with Gasteiger partial charge in [0.25, 0.3) is 0 Å². The number of fused-ring (bicyclic) bond motifs is 3. The van der Waals surface area contributed by atoms with Gasteiger partial charge in [-0.15, -0.1) is 0 Å². The molecule has 5 rings (SSSR count). The molecular formula is C29H45ClN4O4. The Labute approximate surface area is 232 Å². The van der Waals surface area contributed by atoms with Crippen LogP contribution in [0.4, 0.5) is 9.59 Å². The second-order valence-corrected chi connectivity index (χ2v) is 12.2. The lowest BCUT2D eigenvalue weighted by Gasteiger charge is -2.48. The molecule has 0 radical (unpaired) electrons. The number of piperidine rings is 1. The molecule has 3 atom stereocenters. The summed E-state index contributed by atoms with van der Waals surface area (Å²) < 4.78 is 6.29. The Bertz CT molecular complexity index is 925. The molecule has 0 spiro atoms. The van der Waals surface area contributed by atoms with Crippen LogP contribution in [0.25, 0.3) is 0 Å². The zero-order valence-corrected chi connectivity index (χ0v) is 23.7. The second-order valence-electron chi connectivity index (χ2n) is 11.8. The highest BCUT2D eigenvalue weighted by Gasteiger charge is 2.42. The number of benzene rings is 1. The maximum absolute atomic E-state index is 13.5. The van der Waals surface area contributed by atoms with Gasteiger partial charge in [-0.3, -0.25) is 0 Å². The SMILES string of the molecule is CNCC(CC12CCC(CC1)CC2)NC(=O)N1CCC[C@@H]([C@@H](OCCN(C)C(=O)O)c2cccc(Cl)c2)C1. The molecule has 4 aliphatic rings. The van der Waals surface area contributed by atoms with Crippen molar-refractivity contribution in [2.45, 2.75) is 69.9 Å². The number of hydrogen-bond donors (Lipinski definition) is 3. The Morgan fingerprint density at radius 1 is 1.24 bits per heavy atom. The third-order valence-corrected chi connectivity index (χ3v) is 9.34. The first kappa shape index (κ1) is 29.0. The molecule has 1 aromatic rings. The highest BCUT2D eigenvalue weighted by Crippen LogP contribution is 2.52. The summed E-state index contributed by atoms with van der Waals surface area (Å²) in [6.45, 7) is 2.65. The molecule has 1 aromatic carbocycles. The zero-order chi connectivity index (χ0) is 27.1. The minimum absolute atomic E-state index is 0.00583. The molecule has 4 fully saturated rings. The van der Waals surface area contributed by atoms with Crippen molar-refractivity contribution in [1.82, 2.24) is 20.4 Å². The number of likely N-dealkylation sites (N-methyl/N-ethyl adjacent to an activating group) is 2. The summed E-state index contributed by atoms with van der Waals surface area (Å²) in [6.07, 6.45) is 9.58. The van der Waals surface area contributed by atoms with Crippen molar-refractivity contribution in [1.29, 1.82) is 0 Å². The van der Waals surface area contributed by atoms with E-state index in [1.54, 1.807) is 0 Å². The number of nitrogens with zero attached hydrogens (tertiary/aromatic N) is 2. The molecule has 212 valence electrons. The van der Waals surface area contributed by atoms with Gasteiger partial charge in [-0.05, 0) is 93.9 Å². The van der Waals surface area contributed by atoms with Crippen LogP contribution in [0.1, 0.15) is 69.5 Å². The molecule has 38 heavy (non-hydrogen) atoms. The quantitative estimate of drug-likeness (QED) is 0.345. The van der Waals surface area contributed by atoms with Crippen molar-refractivity contribution in [2.75, 3.05) is 46.9 Å². The van der Waals surface area contributed by atoms with Gasteiger partial charge in [0.15, 0.2) is 0 Å². The summed E-state index contributed by atoms with van der Waals surface area (Å²) >= 11 is 6.30. The van der Waals surface area contributed by atoms with Crippen LogP contribution < -0.4 is 10.6 Å². The van der Waals surface area contributed by atoms with Crippen molar-refractivity contribution in [3.8, 4) is 0 Å². The average Bonchev–Trinajstić information content (AvgIpc) is 2.92. The molecule has 1 unspecified atom stereocenters. The van der Waals surface area contributed by atoms with E-state index < -0.39 is 6.09 Å². The lowest BCUT2D eigenvalue weighted by Crippen LogP contribution is -2.53. The molecule has 9 heteroatoms. The number of urea groups is 1. The molecule has 8 nitrogen and oxygen atoms in total. The van der Waals surface area contributed by atoms with Gasteiger partial charge in [-0.2, -0.15) is 0 Å². The number of ether oxygens (including phenoxy) is 1. The van der Waals surface area contributed by atoms with Gasteiger partial charge in [-0.1, -0.05) is 23.7 Å². The number of nitrogens with one attached hydrogen (secondary N) is 2. The highest BCUT2D eigenvalue weighted by atomic mass is 35.5. The number of likely N-dealkylation sites (tertiary alicyclic amines) is 1. The van der Waals surface area contributed by atoms with E-state index in [2.05, 4.69) is 10.6 Å². The first-order chi connectivity index (χ1) is 18.3.